The largest absolute Gasteiger partial charge is 0.508 e. The summed E-state index contributed by atoms with van der Waals surface area (Å²) in [5, 5.41) is 21.1. The summed E-state index contributed by atoms with van der Waals surface area (Å²) in [7, 11) is 0. The van der Waals surface area contributed by atoms with Crippen molar-refractivity contribution in [2.45, 2.75) is 24.2 Å². The number of phenolic OH excluding ortho intramolecular Hbond substituents is 1. The zero-order chi connectivity index (χ0) is 34.9. The van der Waals surface area contributed by atoms with E-state index in [0.717, 1.165) is 10.5 Å². The number of benzene rings is 4. The predicted octanol–water partition coefficient (Wildman–Crippen LogP) is 6.88. The molecule has 6 unspecified atom stereocenters. The fourth-order valence-electron chi connectivity index (χ4n) is 9.01. The average molecular weight is 729 g/mol. The van der Waals surface area contributed by atoms with E-state index < -0.39 is 52.8 Å². The molecule has 8 rings (SSSR count). The molecular formula is C41H30BrNO7. The van der Waals surface area contributed by atoms with Crippen molar-refractivity contribution in [2.75, 3.05) is 4.90 Å². The molecule has 4 aromatic carbocycles. The highest BCUT2D eigenvalue weighted by Gasteiger charge is 2.66. The third-order valence-corrected chi connectivity index (χ3v) is 11.5. The van der Waals surface area contributed by atoms with E-state index in [1.165, 1.54) is 30.3 Å². The number of anilines is 1. The number of carbonyl (C=O) groups excluding carboxylic acids is 4. The molecule has 248 valence electrons. The lowest BCUT2D eigenvalue weighted by atomic mass is 9.44. The molecule has 9 heteroatoms. The highest BCUT2D eigenvalue weighted by atomic mass is 79.9. The number of hydrogen-bond acceptors (Lipinski definition) is 6. The van der Waals surface area contributed by atoms with E-state index in [1.54, 1.807) is 42.5 Å². The summed E-state index contributed by atoms with van der Waals surface area (Å²) in [5.41, 5.74) is 1.31. The van der Waals surface area contributed by atoms with Crippen LogP contribution >= 0.6 is 15.9 Å². The summed E-state index contributed by atoms with van der Waals surface area (Å²) in [5.74, 6) is -6.73. The number of carbonyl (C=O) groups is 5. The van der Waals surface area contributed by atoms with Gasteiger partial charge in [0.15, 0.2) is 11.6 Å². The van der Waals surface area contributed by atoms with Crippen molar-refractivity contribution in [1.29, 1.82) is 0 Å². The van der Waals surface area contributed by atoms with E-state index in [9.17, 15) is 29.4 Å². The van der Waals surface area contributed by atoms with Crippen LogP contribution in [0.5, 0.6) is 5.75 Å². The van der Waals surface area contributed by atoms with Gasteiger partial charge < -0.3 is 10.2 Å². The third kappa shape index (κ3) is 4.60. The first kappa shape index (κ1) is 31.8. The number of amides is 2. The van der Waals surface area contributed by atoms with Gasteiger partial charge in [0.2, 0.25) is 11.8 Å². The molecule has 1 aliphatic heterocycles. The number of fused-ring (bicyclic) bond motifs is 4. The van der Waals surface area contributed by atoms with Crippen LogP contribution in [0.4, 0.5) is 5.69 Å². The van der Waals surface area contributed by atoms with Gasteiger partial charge in [-0.05, 0) is 72.4 Å². The zero-order valence-corrected chi connectivity index (χ0v) is 28.1. The Morgan fingerprint density at radius 2 is 1.54 bits per heavy atom. The molecule has 2 fully saturated rings. The fraction of sp³-hybridized carbons (Fsp3) is 0.195. The Hall–Kier alpha value is -5.41. The second kappa shape index (κ2) is 11.9. The lowest BCUT2D eigenvalue weighted by molar-refractivity contribution is -0.135. The Kier molecular flexibility index (Phi) is 7.56. The number of aromatic hydroxyl groups is 1. The third-order valence-electron chi connectivity index (χ3n) is 11.0. The molecule has 0 radical (unpaired) electrons. The van der Waals surface area contributed by atoms with Crippen molar-refractivity contribution >= 4 is 56.5 Å². The molecule has 8 nitrogen and oxygen atoms in total. The minimum absolute atomic E-state index is 0.0566. The molecule has 2 N–H and O–H groups in total. The van der Waals surface area contributed by atoms with Gasteiger partial charge in [-0.25, -0.2) is 4.79 Å². The van der Waals surface area contributed by atoms with Crippen LogP contribution in [0, 0.1) is 23.7 Å². The Labute approximate surface area is 295 Å². The van der Waals surface area contributed by atoms with Gasteiger partial charge in [-0.15, -0.1) is 0 Å². The van der Waals surface area contributed by atoms with Crippen LogP contribution in [0.15, 0.2) is 125 Å². The number of carboxylic acid groups (broad SMARTS) is 1. The van der Waals surface area contributed by atoms with Crippen LogP contribution in [-0.4, -0.2) is 39.6 Å². The normalized spacial score (nSPS) is 27.2. The highest BCUT2D eigenvalue weighted by molar-refractivity contribution is 9.10. The van der Waals surface area contributed by atoms with Gasteiger partial charge in [0.1, 0.15) is 5.75 Å². The van der Waals surface area contributed by atoms with E-state index in [1.807, 2.05) is 42.5 Å². The van der Waals surface area contributed by atoms with Crippen molar-refractivity contribution in [3.8, 4) is 5.75 Å². The van der Waals surface area contributed by atoms with E-state index in [4.69, 9.17) is 0 Å². The zero-order valence-electron chi connectivity index (χ0n) is 26.5. The van der Waals surface area contributed by atoms with E-state index >= 15 is 4.79 Å². The quantitative estimate of drug-likeness (QED) is 0.169. The maximum Gasteiger partial charge on any atom is 0.335 e. The van der Waals surface area contributed by atoms with Crippen LogP contribution < -0.4 is 4.90 Å². The number of hydrogen-bond donors (Lipinski definition) is 2. The first-order chi connectivity index (χ1) is 24.1. The Balaban J connectivity index is 1.36. The molecule has 0 spiro atoms. The number of ketones is 2. The number of allylic oxidation sites excluding steroid dienone is 4. The van der Waals surface area contributed by atoms with Gasteiger partial charge in [0, 0.05) is 27.4 Å². The number of rotatable bonds is 5. The summed E-state index contributed by atoms with van der Waals surface area (Å²) in [6.45, 7) is 0. The maximum absolute atomic E-state index is 15.1. The number of nitrogens with zero attached hydrogens (tertiary/aromatic N) is 1. The molecule has 0 aromatic heterocycles. The fourth-order valence-corrected chi connectivity index (χ4v) is 9.39. The van der Waals surface area contributed by atoms with E-state index in [-0.39, 0.29) is 47.0 Å². The van der Waals surface area contributed by atoms with Crippen molar-refractivity contribution in [1.82, 2.24) is 0 Å². The van der Waals surface area contributed by atoms with Crippen LogP contribution in [0.25, 0.3) is 5.57 Å². The second-order valence-electron chi connectivity index (χ2n) is 13.4. The molecule has 1 saturated heterocycles. The van der Waals surface area contributed by atoms with Gasteiger partial charge in [-0.2, -0.15) is 0 Å². The highest BCUT2D eigenvalue weighted by Crippen LogP contribution is 2.64. The Morgan fingerprint density at radius 3 is 2.26 bits per heavy atom. The van der Waals surface area contributed by atoms with Crippen LogP contribution in [0.2, 0.25) is 0 Å². The number of imide groups is 1. The molecular weight excluding hydrogens is 698 g/mol. The second-order valence-corrected chi connectivity index (χ2v) is 14.3. The number of carboxylic acids is 1. The van der Waals surface area contributed by atoms with Gasteiger partial charge in [-0.1, -0.05) is 94.3 Å². The number of phenols is 1. The first-order valence-corrected chi connectivity index (χ1v) is 17.2. The number of halogens is 1. The van der Waals surface area contributed by atoms with Gasteiger partial charge in [0.05, 0.1) is 28.5 Å². The number of Topliss-reactive ketones (excluding diaryl/α,β-unsaturated/α-hetero) is 1. The molecule has 50 heavy (non-hydrogen) atoms. The van der Waals surface area contributed by atoms with Gasteiger partial charge in [-0.3, -0.25) is 24.1 Å². The summed E-state index contributed by atoms with van der Waals surface area (Å²) < 4.78 is 0.660. The standard InChI is InChI=1S/C41H30BrNO7/c42-25-14-17-33(44)31(19-25)36-27-15-16-28-35(39(48)43(38(28)47)26-13-7-10-23(18-26)40(49)50)30(27)20-32-37(46)29(22-8-3-1-4-9-22)21-34(45)41(32,36)24-11-5-2-6-12-24/h1-15,17-19,21,28,30,32,35-36,44H,16,20H2,(H,49,50). The smallest absolute Gasteiger partial charge is 0.335 e. The Bertz CT molecular complexity index is 2190. The van der Waals surface area contributed by atoms with Crippen molar-refractivity contribution in [3.05, 3.63) is 148 Å². The topological polar surface area (TPSA) is 129 Å². The molecule has 1 heterocycles. The lowest BCUT2D eigenvalue weighted by Crippen LogP contribution is -2.58. The van der Waals surface area contributed by atoms with Gasteiger partial charge >= 0.3 is 5.97 Å². The molecule has 2 amide bonds. The molecule has 3 aliphatic carbocycles. The van der Waals surface area contributed by atoms with Crippen molar-refractivity contribution in [2.24, 2.45) is 23.7 Å². The monoisotopic (exact) mass is 727 g/mol. The average Bonchev–Trinajstić information content (AvgIpc) is 3.39. The first-order valence-electron chi connectivity index (χ1n) is 16.4. The SMILES string of the molecule is O=C(O)c1cccc(N2C(=O)C3CC=C4C(CC5C(=O)C(c6ccccc6)=CC(=O)C5(c5ccccc5)C4c4cc(Br)ccc4O)C3C2=O)c1. The minimum Gasteiger partial charge on any atom is -0.508 e. The summed E-state index contributed by atoms with van der Waals surface area (Å²) in [4.78, 5) is 71.4. The van der Waals surface area contributed by atoms with Crippen molar-refractivity contribution in [3.63, 3.8) is 0 Å². The Morgan fingerprint density at radius 1 is 0.820 bits per heavy atom. The van der Waals surface area contributed by atoms with Gasteiger partial charge in [0.25, 0.3) is 0 Å². The molecule has 0 bridgehead atoms. The lowest BCUT2D eigenvalue weighted by Gasteiger charge is -2.55. The summed E-state index contributed by atoms with van der Waals surface area (Å²) >= 11 is 3.55. The van der Waals surface area contributed by atoms with E-state index in [2.05, 4.69) is 15.9 Å². The van der Waals surface area contributed by atoms with Crippen molar-refractivity contribution < 1.29 is 34.2 Å². The summed E-state index contributed by atoms with van der Waals surface area (Å²) in [6.07, 6.45) is 3.68. The van der Waals surface area contributed by atoms with Crippen LogP contribution in [-0.2, 0) is 24.6 Å². The molecule has 4 aromatic rings. The molecule has 6 atom stereocenters. The van der Waals surface area contributed by atoms with Crippen LogP contribution in [0.1, 0.15) is 45.8 Å². The summed E-state index contributed by atoms with van der Waals surface area (Å²) in [6, 6.07) is 28.9. The maximum atomic E-state index is 15.1. The van der Waals surface area contributed by atoms with E-state index in [0.29, 0.717) is 21.2 Å². The molecule has 4 aliphatic rings. The number of aromatic carboxylic acids is 1. The van der Waals surface area contributed by atoms with Crippen LogP contribution in [0.3, 0.4) is 0 Å². The minimum atomic E-state index is -1.47. The predicted molar refractivity (Wildman–Crippen MR) is 188 cm³/mol. The molecule has 1 saturated carbocycles.